The fourth-order valence-electron chi connectivity index (χ4n) is 2.43. The van der Waals surface area contributed by atoms with E-state index in [1.54, 1.807) is 36.4 Å². The quantitative estimate of drug-likeness (QED) is 0.723. The Morgan fingerprint density at radius 3 is 2.48 bits per heavy atom. The van der Waals surface area contributed by atoms with Gasteiger partial charge in [-0.25, -0.2) is 0 Å². The molecule has 0 bridgehead atoms. The van der Waals surface area contributed by atoms with Gasteiger partial charge in [-0.1, -0.05) is 17.3 Å². The zero-order valence-corrected chi connectivity index (χ0v) is 14.0. The highest BCUT2D eigenvalue weighted by atomic mass is 32.1. The second kappa shape index (κ2) is 6.52. The highest BCUT2D eigenvalue weighted by Gasteiger charge is 2.28. The van der Waals surface area contributed by atoms with E-state index in [2.05, 4.69) is 15.8 Å². The smallest absolute Gasteiger partial charge is 0.277 e. The van der Waals surface area contributed by atoms with Gasteiger partial charge in [0.2, 0.25) is 0 Å². The molecule has 1 aromatic carbocycles. The summed E-state index contributed by atoms with van der Waals surface area (Å²) in [7, 11) is 0. The van der Waals surface area contributed by atoms with Gasteiger partial charge in [-0.15, -0.1) is 11.3 Å². The largest absolute Gasteiger partial charge is 0.360 e. The maximum Gasteiger partial charge on any atom is 0.277 e. The van der Waals surface area contributed by atoms with E-state index in [1.807, 2.05) is 11.4 Å². The average molecular weight is 353 g/mol. The molecule has 0 aliphatic heterocycles. The zero-order chi connectivity index (χ0) is 17.2. The van der Waals surface area contributed by atoms with Crippen molar-refractivity contribution in [3.8, 4) is 0 Å². The number of nitrogens with one attached hydrogen (secondary N) is 2. The summed E-state index contributed by atoms with van der Waals surface area (Å²) in [6, 6.07) is 12.2. The molecule has 0 spiro atoms. The number of aromatic nitrogens is 1. The molecule has 2 aromatic heterocycles. The van der Waals surface area contributed by atoms with E-state index in [4.69, 9.17) is 4.52 Å². The minimum Gasteiger partial charge on any atom is -0.360 e. The van der Waals surface area contributed by atoms with Crippen molar-refractivity contribution in [3.63, 3.8) is 0 Å². The first-order valence-electron chi connectivity index (χ1n) is 7.92. The van der Waals surface area contributed by atoms with Gasteiger partial charge in [-0.2, -0.15) is 0 Å². The van der Waals surface area contributed by atoms with Crippen molar-refractivity contribution in [2.24, 2.45) is 0 Å². The van der Waals surface area contributed by atoms with Gasteiger partial charge < -0.3 is 15.2 Å². The average Bonchev–Trinajstić information content (AvgIpc) is 3.12. The third kappa shape index (κ3) is 3.61. The summed E-state index contributed by atoms with van der Waals surface area (Å²) >= 11 is 1.37. The minimum atomic E-state index is -0.336. The molecule has 7 heteroatoms. The Bertz CT molecular complexity index is 913. The predicted molar refractivity (Wildman–Crippen MR) is 95.1 cm³/mol. The van der Waals surface area contributed by atoms with Crippen LogP contribution in [0.1, 0.15) is 44.7 Å². The van der Waals surface area contributed by atoms with Gasteiger partial charge in [0.05, 0.1) is 4.88 Å². The number of carbonyl (C=O) groups excluding carboxylic acids is 2. The van der Waals surface area contributed by atoms with Gasteiger partial charge >= 0.3 is 0 Å². The maximum atomic E-state index is 12.3. The molecule has 1 saturated carbocycles. The number of nitrogens with zero attached hydrogens (tertiary/aromatic N) is 1. The lowest BCUT2D eigenvalue weighted by Crippen LogP contribution is -2.13. The molecule has 0 atom stereocenters. The van der Waals surface area contributed by atoms with Crippen molar-refractivity contribution >= 4 is 34.5 Å². The molecule has 0 radical (unpaired) electrons. The van der Waals surface area contributed by atoms with Crippen LogP contribution in [0.5, 0.6) is 0 Å². The molecule has 25 heavy (non-hydrogen) atoms. The van der Waals surface area contributed by atoms with Crippen LogP contribution in [0, 0.1) is 0 Å². The number of benzene rings is 1. The number of carbonyl (C=O) groups is 2. The number of anilines is 2. The van der Waals surface area contributed by atoms with E-state index in [-0.39, 0.29) is 17.5 Å². The molecule has 6 nitrogen and oxygen atoms in total. The second-order valence-electron chi connectivity index (χ2n) is 5.86. The van der Waals surface area contributed by atoms with Crippen LogP contribution in [0.15, 0.2) is 52.4 Å². The number of hydrogen-bond acceptors (Lipinski definition) is 5. The molecule has 1 aliphatic carbocycles. The van der Waals surface area contributed by atoms with Gasteiger partial charge in [0.1, 0.15) is 5.76 Å². The Labute approximate surface area is 147 Å². The number of rotatable bonds is 5. The van der Waals surface area contributed by atoms with Gasteiger partial charge in [-0.05, 0) is 42.5 Å². The topological polar surface area (TPSA) is 84.2 Å². The van der Waals surface area contributed by atoms with E-state index >= 15 is 0 Å². The van der Waals surface area contributed by atoms with Crippen molar-refractivity contribution in [2.45, 2.75) is 18.8 Å². The molecule has 126 valence electrons. The standard InChI is InChI=1S/C18H15N3O3S/c22-17(14-10-15(24-21-14)11-6-7-11)19-12-3-1-4-13(9-12)20-18(23)16-5-2-8-25-16/h1-5,8-11H,6-7H2,(H,19,22)(H,20,23). The van der Waals surface area contributed by atoms with Crippen LogP contribution in [-0.2, 0) is 0 Å². The third-order valence-corrected chi connectivity index (χ3v) is 4.73. The number of thiophene rings is 1. The molecule has 3 aromatic rings. The van der Waals surface area contributed by atoms with Crippen molar-refractivity contribution in [3.05, 3.63) is 64.2 Å². The fourth-order valence-corrected chi connectivity index (χ4v) is 3.05. The number of hydrogen-bond donors (Lipinski definition) is 2. The zero-order valence-electron chi connectivity index (χ0n) is 13.2. The second-order valence-corrected chi connectivity index (χ2v) is 6.80. The SMILES string of the molecule is O=C(Nc1cccc(NC(=O)c2cccs2)c1)c1cc(C2CC2)on1. The normalized spacial score (nSPS) is 13.4. The Kier molecular flexibility index (Phi) is 4.07. The lowest BCUT2D eigenvalue weighted by atomic mass is 10.2. The van der Waals surface area contributed by atoms with Crippen molar-refractivity contribution in [1.82, 2.24) is 5.16 Å². The number of amides is 2. The Morgan fingerprint density at radius 2 is 1.80 bits per heavy atom. The highest BCUT2D eigenvalue weighted by Crippen LogP contribution is 2.40. The van der Waals surface area contributed by atoms with E-state index in [0.29, 0.717) is 22.2 Å². The van der Waals surface area contributed by atoms with Crippen LogP contribution in [0.4, 0.5) is 11.4 Å². The van der Waals surface area contributed by atoms with Crippen LogP contribution in [-0.4, -0.2) is 17.0 Å². The van der Waals surface area contributed by atoms with Crippen molar-refractivity contribution in [1.29, 1.82) is 0 Å². The van der Waals surface area contributed by atoms with Crippen LogP contribution < -0.4 is 10.6 Å². The van der Waals surface area contributed by atoms with Crippen LogP contribution in [0.25, 0.3) is 0 Å². The molecule has 2 heterocycles. The summed E-state index contributed by atoms with van der Waals surface area (Å²) in [6.45, 7) is 0. The first kappa shape index (κ1) is 15.6. The van der Waals surface area contributed by atoms with Gasteiger partial charge in [0.25, 0.3) is 11.8 Å². The lowest BCUT2D eigenvalue weighted by molar-refractivity contribution is 0.101. The minimum absolute atomic E-state index is 0.177. The summed E-state index contributed by atoms with van der Waals surface area (Å²) in [4.78, 5) is 25.0. The van der Waals surface area contributed by atoms with Gasteiger partial charge in [0.15, 0.2) is 5.69 Å². The molecule has 1 fully saturated rings. The van der Waals surface area contributed by atoms with Crippen LogP contribution >= 0.6 is 11.3 Å². The fraction of sp³-hybridized carbons (Fsp3) is 0.167. The monoisotopic (exact) mass is 353 g/mol. The van der Waals surface area contributed by atoms with E-state index in [9.17, 15) is 9.59 Å². The summed E-state index contributed by atoms with van der Waals surface area (Å²) in [5.41, 5.74) is 1.44. The first-order chi connectivity index (χ1) is 12.2. The van der Waals surface area contributed by atoms with E-state index in [1.165, 1.54) is 11.3 Å². The van der Waals surface area contributed by atoms with E-state index < -0.39 is 0 Å². The maximum absolute atomic E-state index is 12.3. The Morgan fingerprint density at radius 1 is 1.04 bits per heavy atom. The Balaban J connectivity index is 1.43. The summed E-state index contributed by atoms with van der Waals surface area (Å²) in [5, 5.41) is 11.2. The van der Waals surface area contributed by atoms with Crippen LogP contribution in [0.3, 0.4) is 0 Å². The van der Waals surface area contributed by atoms with Gasteiger partial charge in [0, 0.05) is 23.4 Å². The lowest BCUT2D eigenvalue weighted by Gasteiger charge is -2.07. The Hall–Kier alpha value is -2.93. The molecule has 4 rings (SSSR count). The first-order valence-corrected chi connectivity index (χ1v) is 8.80. The summed E-state index contributed by atoms with van der Waals surface area (Å²) in [5.74, 6) is 0.661. The summed E-state index contributed by atoms with van der Waals surface area (Å²) in [6.07, 6.45) is 2.17. The molecule has 2 amide bonds. The molecule has 2 N–H and O–H groups in total. The third-order valence-electron chi connectivity index (χ3n) is 3.86. The predicted octanol–water partition coefficient (Wildman–Crippen LogP) is 4.12. The highest BCUT2D eigenvalue weighted by molar-refractivity contribution is 7.12. The molecule has 0 unspecified atom stereocenters. The molecule has 0 saturated heterocycles. The summed E-state index contributed by atoms with van der Waals surface area (Å²) < 4.78 is 5.20. The van der Waals surface area contributed by atoms with E-state index in [0.717, 1.165) is 18.6 Å². The van der Waals surface area contributed by atoms with Crippen LogP contribution in [0.2, 0.25) is 0 Å². The molecular formula is C18H15N3O3S. The molecular weight excluding hydrogens is 338 g/mol. The molecule has 1 aliphatic rings. The van der Waals surface area contributed by atoms with Crippen molar-refractivity contribution < 1.29 is 14.1 Å². The van der Waals surface area contributed by atoms with Crippen molar-refractivity contribution in [2.75, 3.05) is 10.6 Å². The van der Waals surface area contributed by atoms with Gasteiger partial charge in [-0.3, -0.25) is 9.59 Å².